The maximum Gasteiger partial charge on any atom is 0.191 e. The molecule has 0 radical (unpaired) electrons. The number of benzene rings is 1. The smallest absolute Gasteiger partial charge is 0.191 e. The van der Waals surface area contributed by atoms with E-state index in [0.29, 0.717) is 6.04 Å². The number of rotatable bonds is 10. The lowest BCUT2D eigenvalue weighted by atomic mass is 10.1. The van der Waals surface area contributed by atoms with Crippen LogP contribution in [0.15, 0.2) is 29.3 Å². The largest absolute Gasteiger partial charge is 0.496 e. The van der Waals surface area contributed by atoms with E-state index in [1.165, 1.54) is 5.56 Å². The summed E-state index contributed by atoms with van der Waals surface area (Å²) in [5, 5.41) is 6.71. The topological polar surface area (TPSA) is 48.9 Å². The SMILES string of the molecule is CCNC(=NCCN(CC)C(C)C)NCCc1ccccc1OC.I. The molecule has 0 aromatic heterocycles. The highest BCUT2D eigenvalue weighted by molar-refractivity contribution is 14.0. The Hall–Kier alpha value is -1.02. The van der Waals surface area contributed by atoms with E-state index in [-0.39, 0.29) is 24.0 Å². The van der Waals surface area contributed by atoms with E-state index in [0.717, 1.165) is 50.9 Å². The van der Waals surface area contributed by atoms with Gasteiger partial charge in [0.2, 0.25) is 0 Å². The summed E-state index contributed by atoms with van der Waals surface area (Å²) in [5.41, 5.74) is 1.21. The van der Waals surface area contributed by atoms with Gasteiger partial charge in [-0.05, 0) is 45.4 Å². The molecule has 0 amide bonds. The zero-order chi connectivity index (χ0) is 17.8. The maximum atomic E-state index is 5.40. The van der Waals surface area contributed by atoms with E-state index in [4.69, 9.17) is 4.74 Å². The van der Waals surface area contributed by atoms with Crippen LogP contribution in [-0.2, 0) is 6.42 Å². The number of nitrogens with zero attached hydrogens (tertiary/aromatic N) is 2. The Morgan fingerprint density at radius 1 is 1.20 bits per heavy atom. The first-order chi connectivity index (χ1) is 11.6. The second-order valence-electron chi connectivity index (χ2n) is 5.97. The molecular weight excluding hydrogens is 427 g/mol. The molecule has 25 heavy (non-hydrogen) atoms. The van der Waals surface area contributed by atoms with Crippen molar-refractivity contribution in [1.29, 1.82) is 0 Å². The number of para-hydroxylation sites is 1. The summed E-state index contributed by atoms with van der Waals surface area (Å²) in [4.78, 5) is 7.10. The van der Waals surface area contributed by atoms with E-state index in [9.17, 15) is 0 Å². The number of halogens is 1. The molecule has 0 saturated heterocycles. The van der Waals surface area contributed by atoms with Crippen LogP contribution in [0.1, 0.15) is 33.3 Å². The second kappa shape index (κ2) is 14.2. The molecule has 0 unspecified atom stereocenters. The Morgan fingerprint density at radius 2 is 1.92 bits per heavy atom. The molecule has 0 spiro atoms. The van der Waals surface area contributed by atoms with Crippen LogP contribution in [0.3, 0.4) is 0 Å². The molecule has 0 aliphatic rings. The van der Waals surface area contributed by atoms with Gasteiger partial charge in [0.15, 0.2) is 5.96 Å². The van der Waals surface area contributed by atoms with Crippen LogP contribution in [0.5, 0.6) is 5.75 Å². The number of hydrogen-bond donors (Lipinski definition) is 2. The minimum atomic E-state index is 0. The number of methoxy groups -OCH3 is 1. The monoisotopic (exact) mass is 462 g/mol. The van der Waals surface area contributed by atoms with Crippen molar-refractivity contribution < 1.29 is 4.74 Å². The van der Waals surface area contributed by atoms with Gasteiger partial charge in [-0.1, -0.05) is 25.1 Å². The number of guanidine groups is 1. The van der Waals surface area contributed by atoms with Gasteiger partial charge < -0.3 is 15.4 Å². The molecule has 0 fully saturated rings. The molecule has 2 N–H and O–H groups in total. The number of nitrogens with one attached hydrogen (secondary N) is 2. The van der Waals surface area contributed by atoms with Crippen molar-refractivity contribution in [3.8, 4) is 5.75 Å². The fraction of sp³-hybridized carbons (Fsp3) is 0.632. The molecule has 144 valence electrons. The summed E-state index contributed by atoms with van der Waals surface area (Å²) in [7, 11) is 1.71. The van der Waals surface area contributed by atoms with Crippen molar-refractivity contribution in [1.82, 2.24) is 15.5 Å². The third kappa shape index (κ3) is 9.30. The van der Waals surface area contributed by atoms with Gasteiger partial charge in [-0.3, -0.25) is 9.89 Å². The molecule has 0 aliphatic heterocycles. The molecule has 1 rings (SSSR count). The minimum Gasteiger partial charge on any atom is -0.496 e. The Bertz CT molecular complexity index is 494. The lowest BCUT2D eigenvalue weighted by Crippen LogP contribution is -2.39. The zero-order valence-electron chi connectivity index (χ0n) is 16.3. The van der Waals surface area contributed by atoms with E-state index in [1.54, 1.807) is 7.11 Å². The van der Waals surface area contributed by atoms with Crippen LogP contribution in [0.25, 0.3) is 0 Å². The van der Waals surface area contributed by atoms with E-state index >= 15 is 0 Å². The molecule has 1 aromatic rings. The standard InChI is InChI=1S/C19H34N4O.HI/c1-6-20-19(22-14-15-23(7-2)16(3)4)21-13-12-17-10-8-9-11-18(17)24-5;/h8-11,16H,6-7,12-15H2,1-5H3,(H2,20,21,22);1H. The zero-order valence-corrected chi connectivity index (χ0v) is 18.7. The number of aliphatic imine (C=N–C) groups is 1. The third-order valence-electron chi connectivity index (χ3n) is 4.02. The summed E-state index contributed by atoms with van der Waals surface area (Å²) in [5.74, 6) is 1.82. The van der Waals surface area contributed by atoms with Crippen LogP contribution in [0.2, 0.25) is 0 Å². The predicted octanol–water partition coefficient (Wildman–Crippen LogP) is 3.14. The average Bonchev–Trinajstić information content (AvgIpc) is 2.58. The van der Waals surface area contributed by atoms with Crippen molar-refractivity contribution in [2.75, 3.05) is 39.8 Å². The van der Waals surface area contributed by atoms with Crippen molar-refractivity contribution in [3.05, 3.63) is 29.8 Å². The Morgan fingerprint density at radius 3 is 2.52 bits per heavy atom. The Kier molecular flexibility index (Phi) is 13.6. The van der Waals surface area contributed by atoms with Crippen molar-refractivity contribution >= 4 is 29.9 Å². The average molecular weight is 462 g/mol. The van der Waals surface area contributed by atoms with Gasteiger partial charge in [-0.2, -0.15) is 0 Å². The van der Waals surface area contributed by atoms with Crippen LogP contribution in [0, 0.1) is 0 Å². The Labute approximate surface area is 170 Å². The van der Waals surface area contributed by atoms with Crippen molar-refractivity contribution in [2.24, 2.45) is 4.99 Å². The maximum absolute atomic E-state index is 5.40. The summed E-state index contributed by atoms with van der Waals surface area (Å²) in [6.45, 7) is 13.3. The number of ether oxygens (including phenoxy) is 1. The van der Waals surface area contributed by atoms with Gasteiger partial charge >= 0.3 is 0 Å². The summed E-state index contributed by atoms with van der Waals surface area (Å²) in [6, 6.07) is 8.70. The van der Waals surface area contributed by atoms with Crippen LogP contribution < -0.4 is 15.4 Å². The van der Waals surface area contributed by atoms with Crippen LogP contribution in [-0.4, -0.2) is 56.7 Å². The number of hydrogen-bond acceptors (Lipinski definition) is 3. The lowest BCUT2D eigenvalue weighted by molar-refractivity contribution is 0.240. The summed E-state index contributed by atoms with van der Waals surface area (Å²) in [6.07, 6.45) is 0.904. The van der Waals surface area contributed by atoms with Gasteiger partial charge in [-0.25, -0.2) is 0 Å². The van der Waals surface area contributed by atoms with Crippen LogP contribution >= 0.6 is 24.0 Å². The molecule has 0 atom stereocenters. The van der Waals surface area contributed by atoms with Crippen LogP contribution in [0.4, 0.5) is 0 Å². The van der Waals surface area contributed by atoms with Crippen molar-refractivity contribution in [2.45, 2.75) is 40.2 Å². The normalized spacial score (nSPS) is 11.4. The Balaban J connectivity index is 0.00000576. The van der Waals surface area contributed by atoms with Gasteiger partial charge in [0.1, 0.15) is 5.75 Å². The first-order valence-electron chi connectivity index (χ1n) is 9.00. The molecule has 0 bridgehead atoms. The van der Waals surface area contributed by atoms with Gasteiger partial charge in [-0.15, -0.1) is 24.0 Å². The second-order valence-corrected chi connectivity index (χ2v) is 5.97. The predicted molar refractivity (Wildman–Crippen MR) is 118 cm³/mol. The quantitative estimate of drug-likeness (QED) is 0.319. The fourth-order valence-corrected chi connectivity index (χ4v) is 2.64. The highest BCUT2D eigenvalue weighted by atomic mass is 127. The lowest BCUT2D eigenvalue weighted by Gasteiger charge is -2.23. The first kappa shape index (κ1) is 24.0. The molecule has 0 saturated carbocycles. The van der Waals surface area contributed by atoms with E-state index < -0.39 is 0 Å². The number of likely N-dealkylation sites (N-methyl/N-ethyl adjacent to an activating group) is 1. The molecule has 5 nitrogen and oxygen atoms in total. The molecule has 6 heteroatoms. The van der Waals surface area contributed by atoms with E-state index in [1.807, 2.05) is 18.2 Å². The fourth-order valence-electron chi connectivity index (χ4n) is 2.64. The van der Waals surface area contributed by atoms with E-state index in [2.05, 4.69) is 54.3 Å². The highest BCUT2D eigenvalue weighted by Crippen LogP contribution is 2.17. The summed E-state index contributed by atoms with van der Waals surface area (Å²) >= 11 is 0. The molecular formula is C19H35IN4O. The third-order valence-corrected chi connectivity index (χ3v) is 4.02. The molecule has 0 heterocycles. The van der Waals surface area contributed by atoms with Crippen molar-refractivity contribution in [3.63, 3.8) is 0 Å². The highest BCUT2D eigenvalue weighted by Gasteiger charge is 2.06. The van der Waals surface area contributed by atoms with Gasteiger partial charge in [0, 0.05) is 25.7 Å². The van der Waals surface area contributed by atoms with Gasteiger partial charge in [0.25, 0.3) is 0 Å². The van der Waals surface area contributed by atoms with Gasteiger partial charge in [0.05, 0.1) is 13.7 Å². The molecule has 1 aromatic carbocycles. The molecule has 0 aliphatic carbocycles. The minimum absolute atomic E-state index is 0. The summed E-state index contributed by atoms with van der Waals surface area (Å²) < 4.78 is 5.40. The first-order valence-corrected chi connectivity index (χ1v) is 9.00.